The Morgan fingerprint density at radius 2 is 1.94 bits per heavy atom. The molecule has 0 saturated carbocycles. The second kappa shape index (κ2) is 6.53. The molecular weight excluding hydrogens is 230 g/mol. The summed E-state index contributed by atoms with van der Waals surface area (Å²) in [6.07, 6.45) is 2.70. The molecule has 0 bridgehead atoms. The predicted molar refractivity (Wildman–Crippen MR) is 75.6 cm³/mol. The molecule has 2 nitrogen and oxygen atoms in total. The van der Waals surface area contributed by atoms with Gasteiger partial charge >= 0.3 is 0 Å². The summed E-state index contributed by atoms with van der Waals surface area (Å²) < 4.78 is 0. The van der Waals surface area contributed by atoms with Crippen molar-refractivity contribution < 1.29 is 5.11 Å². The molecule has 2 N–H and O–H groups in total. The van der Waals surface area contributed by atoms with E-state index < -0.39 is 5.60 Å². The van der Waals surface area contributed by atoms with Crippen molar-refractivity contribution in [2.75, 3.05) is 6.54 Å². The molecule has 1 aromatic rings. The van der Waals surface area contributed by atoms with Gasteiger partial charge in [-0.3, -0.25) is 0 Å². The van der Waals surface area contributed by atoms with Crippen LogP contribution in [0.3, 0.4) is 0 Å². The molecule has 1 heterocycles. The zero-order valence-electron chi connectivity index (χ0n) is 11.4. The molecule has 0 radical (unpaired) electrons. The van der Waals surface area contributed by atoms with E-state index in [1.54, 1.807) is 0 Å². The van der Waals surface area contributed by atoms with Crippen molar-refractivity contribution in [3.8, 4) is 0 Å². The van der Waals surface area contributed by atoms with Crippen LogP contribution in [0.2, 0.25) is 0 Å². The number of nitrogens with one attached hydrogen (secondary N) is 1. The van der Waals surface area contributed by atoms with E-state index in [1.807, 2.05) is 25.2 Å². The summed E-state index contributed by atoms with van der Waals surface area (Å²) in [6, 6.07) is 4.72. The Morgan fingerprint density at radius 3 is 2.41 bits per heavy atom. The molecule has 3 heteroatoms. The van der Waals surface area contributed by atoms with Crippen molar-refractivity contribution in [3.05, 3.63) is 21.9 Å². The van der Waals surface area contributed by atoms with Gasteiger partial charge < -0.3 is 10.4 Å². The minimum Gasteiger partial charge on any atom is -0.389 e. The number of aliphatic hydroxyl groups is 1. The monoisotopic (exact) mass is 255 g/mol. The highest BCUT2D eigenvalue weighted by atomic mass is 32.1. The van der Waals surface area contributed by atoms with Crippen molar-refractivity contribution in [1.82, 2.24) is 5.32 Å². The normalized spacial score (nSPS) is 13.9. The molecule has 98 valence electrons. The first-order chi connectivity index (χ1) is 8.04. The average molecular weight is 255 g/mol. The molecule has 1 aromatic heterocycles. The van der Waals surface area contributed by atoms with Crippen LogP contribution >= 0.6 is 11.3 Å². The Morgan fingerprint density at radius 1 is 1.29 bits per heavy atom. The number of aryl methyl sites for hydroxylation is 1. The van der Waals surface area contributed by atoms with Crippen molar-refractivity contribution in [2.45, 2.75) is 58.6 Å². The molecule has 0 amide bonds. The van der Waals surface area contributed by atoms with E-state index in [2.05, 4.69) is 31.3 Å². The maximum Gasteiger partial charge on any atom is 0.0766 e. The maximum atomic E-state index is 10.2. The van der Waals surface area contributed by atoms with Gasteiger partial charge in [-0.25, -0.2) is 0 Å². The van der Waals surface area contributed by atoms with Gasteiger partial charge in [0, 0.05) is 22.3 Å². The fourth-order valence-corrected chi connectivity index (χ4v) is 2.74. The van der Waals surface area contributed by atoms with Crippen molar-refractivity contribution in [2.24, 2.45) is 0 Å². The van der Waals surface area contributed by atoms with E-state index >= 15 is 0 Å². The molecule has 1 rings (SSSR count). The second-order valence-corrected chi connectivity index (χ2v) is 5.89. The Hall–Kier alpha value is -0.380. The van der Waals surface area contributed by atoms with Gasteiger partial charge in [0.1, 0.15) is 0 Å². The Balaban J connectivity index is 2.51. The summed E-state index contributed by atoms with van der Waals surface area (Å²) in [6.45, 7) is 9.09. The Labute approximate surface area is 109 Å². The van der Waals surface area contributed by atoms with Gasteiger partial charge in [0.2, 0.25) is 0 Å². The maximum absolute atomic E-state index is 10.2. The van der Waals surface area contributed by atoms with Crippen LogP contribution in [0.15, 0.2) is 12.1 Å². The lowest BCUT2D eigenvalue weighted by atomic mass is 9.97. The van der Waals surface area contributed by atoms with Crippen LogP contribution in [-0.4, -0.2) is 17.3 Å². The summed E-state index contributed by atoms with van der Waals surface area (Å²) in [5, 5.41) is 13.7. The summed E-state index contributed by atoms with van der Waals surface area (Å²) in [7, 11) is 0. The first kappa shape index (κ1) is 14.7. The minimum atomic E-state index is -0.556. The topological polar surface area (TPSA) is 32.3 Å². The first-order valence-corrected chi connectivity index (χ1v) is 7.40. The zero-order valence-corrected chi connectivity index (χ0v) is 12.2. The van der Waals surface area contributed by atoms with E-state index in [1.165, 1.54) is 9.75 Å². The summed E-state index contributed by atoms with van der Waals surface area (Å²) in [4.78, 5) is 2.78. The van der Waals surface area contributed by atoms with Crippen LogP contribution in [-0.2, 0) is 6.42 Å². The van der Waals surface area contributed by atoms with Crippen LogP contribution in [0.5, 0.6) is 0 Å². The number of thiophene rings is 1. The van der Waals surface area contributed by atoms with Crippen LogP contribution in [0.1, 0.15) is 56.3 Å². The van der Waals surface area contributed by atoms with Crippen LogP contribution < -0.4 is 5.32 Å². The molecule has 0 fully saturated rings. The van der Waals surface area contributed by atoms with Gasteiger partial charge in [-0.2, -0.15) is 0 Å². The standard InChI is InChI=1S/C14H25NOS/c1-5-12-8-9-13(17-12)11(4)15-10-14(16,6-2)7-3/h8-9,11,15-16H,5-7,10H2,1-4H3. The summed E-state index contributed by atoms with van der Waals surface area (Å²) >= 11 is 1.86. The lowest BCUT2D eigenvalue weighted by Crippen LogP contribution is -2.40. The van der Waals surface area contributed by atoms with Crippen LogP contribution in [0.25, 0.3) is 0 Å². The first-order valence-electron chi connectivity index (χ1n) is 6.59. The smallest absolute Gasteiger partial charge is 0.0766 e. The second-order valence-electron chi connectivity index (χ2n) is 4.69. The molecule has 0 aromatic carbocycles. The highest BCUT2D eigenvalue weighted by molar-refractivity contribution is 7.12. The van der Waals surface area contributed by atoms with Crippen molar-refractivity contribution in [1.29, 1.82) is 0 Å². The van der Waals surface area contributed by atoms with E-state index in [-0.39, 0.29) is 0 Å². The molecule has 1 unspecified atom stereocenters. The third-order valence-electron chi connectivity index (χ3n) is 3.51. The van der Waals surface area contributed by atoms with Crippen molar-refractivity contribution in [3.63, 3.8) is 0 Å². The fourth-order valence-electron chi connectivity index (χ4n) is 1.76. The SMILES string of the molecule is CCc1ccc(C(C)NCC(O)(CC)CC)s1. The predicted octanol–water partition coefficient (Wildman–Crippen LogP) is 3.51. The van der Waals surface area contributed by atoms with Gasteiger partial charge in [0.25, 0.3) is 0 Å². The zero-order chi connectivity index (χ0) is 12.9. The Kier molecular flexibility index (Phi) is 5.63. The van der Waals surface area contributed by atoms with Gasteiger partial charge in [0.15, 0.2) is 0 Å². The molecule has 0 aliphatic rings. The number of hydrogen-bond acceptors (Lipinski definition) is 3. The van der Waals surface area contributed by atoms with Gasteiger partial charge in [-0.05, 0) is 38.3 Å². The van der Waals surface area contributed by atoms with Gasteiger partial charge in [0.05, 0.1) is 5.60 Å². The molecule has 0 saturated heterocycles. The van der Waals surface area contributed by atoms with Gasteiger partial charge in [-0.1, -0.05) is 20.8 Å². The third-order valence-corrected chi connectivity index (χ3v) is 4.92. The largest absolute Gasteiger partial charge is 0.389 e. The molecule has 17 heavy (non-hydrogen) atoms. The van der Waals surface area contributed by atoms with Crippen LogP contribution in [0.4, 0.5) is 0 Å². The summed E-state index contributed by atoms with van der Waals surface area (Å²) in [5.74, 6) is 0. The van der Waals surface area contributed by atoms with E-state index in [4.69, 9.17) is 0 Å². The molecule has 0 aliphatic carbocycles. The van der Waals surface area contributed by atoms with Crippen LogP contribution in [0, 0.1) is 0 Å². The minimum absolute atomic E-state index is 0.324. The average Bonchev–Trinajstić information content (AvgIpc) is 2.84. The quantitative estimate of drug-likeness (QED) is 0.781. The lowest BCUT2D eigenvalue weighted by Gasteiger charge is -2.27. The van der Waals surface area contributed by atoms with Gasteiger partial charge in [-0.15, -0.1) is 11.3 Å². The number of rotatable bonds is 7. The van der Waals surface area contributed by atoms with E-state index in [9.17, 15) is 5.11 Å². The van der Waals surface area contributed by atoms with Crippen molar-refractivity contribution >= 4 is 11.3 Å². The third kappa shape index (κ3) is 4.09. The highest BCUT2D eigenvalue weighted by Gasteiger charge is 2.22. The fraction of sp³-hybridized carbons (Fsp3) is 0.714. The van der Waals surface area contributed by atoms with E-state index in [0.717, 1.165) is 19.3 Å². The Bertz CT molecular complexity index is 331. The summed E-state index contributed by atoms with van der Waals surface area (Å²) in [5.41, 5.74) is -0.556. The number of hydrogen-bond donors (Lipinski definition) is 2. The molecule has 0 spiro atoms. The van der Waals surface area contributed by atoms with E-state index in [0.29, 0.717) is 12.6 Å². The molecule has 1 atom stereocenters. The lowest BCUT2D eigenvalue weighted by molar-refractivity contribution is 0.0304. The highest BCUT2D eigenvalue weighted by Crippen LogP contribution is 2.24. The molecular formula is C14H25NOS. The molecule has 0 aliphatic heterocycles.